The van der Waals surface area contributed by atoms with Crippen molar-refractivity contribution in [3.63, 3.8) is 0 Å². The number of halogens is 2. The summed E-state index contributed by atoms with van der Waals surface area (Å²) < 4.78 is 26.4. The molecule has 1 aliphatic heterocycles. The highest BCUT2D eigenvalue weighted by molar-refractivity contribution is 9.10. The summed E-state index contributed by atoms with van der Waals surface area (Å²) >= 11 is 4.74. The van der Waals surface area contributed by atoms with E-state index in [1.165, 1.54) is 36.0 Å². The van der Waals surface area contributed by atoms with Gasteiger partial charge in [0.2, 0.25) is 5.91 Å². The molecule has 1 aliphatic rings. The van der Waals surface area contributed by atoms with Crippen molar-refractivity contribution in [3.8, 4) is 11.5 Å². The molecule has 0 spiro atoms. The van der Waals surface area contributed by atoms with E-state index in [1.807, 2.05) is 30.3 Å². The van der Waals surface area contributed by atoms with E-state index in [4.69, 9.17) is 9.47 Å². The SMILES string of the molecule is O=C(Nc1ccc(SC(C(=O)Nc2ccc3c(c2)OCCO3)c2ccccc2)cc1)C(=Cc1ccc(Br)cc1)NC(=O)c1ccccc1F. The Morgan fingerprint density at radius 3 is 2.16 bits per heavy atom. The summed E-state index contributed by atoms with van der Waals surface area (Å²) in [5.74, 6) is -1.08. The molecule has 6 rings (SSSR count). The smallest absolute Gasteiger partial charge is 0.272 e. The second-order valence-electron chi connectivity index (χ2n) is 10.8. The number of hydrogen-bond donors (Lipinski definition) is 3. The molecule has 1 unspecified atom stereocenters. The van der Waals surface area contributed by atoms with Crippen LogP contribution in [0.2, 0.25) is 0 Å². The largest absolute Gasteiger partial charge is 0.486 e. The molecule has 0 radical (unpaired) electrons. The number of thioether (sulfide) groups is 1. The molecule has 0 saturated heterocycles. The van der Waals surface area contributed by atoms with Gasteiger partial charge in [-0.15, -0.1) is 11.8 Å². The van der Waals surface area contributed by atoms with Crippen molar-refractivity contribution in [3.05, 3.63) is 154 Å². The minimum atomic E-state index is -0.759. The van der Waals surface area contributed by atoms with Crippen LogP contribution in [0.15, 0.2) is 136 Å². The summed E-state index contributed by atoms with van der Waals surface area (Å²) in [6.07, 6.45) is 1.51. The third kappa shape index (κ3) is 8.75. The molecule has 0 aromatic heterocycles. The molecular weight excluding hydrogens is 709 g/mol. The maximum absolute atomic E-state index is 14.3. The van der Waals surface area contributed by atoms with Crippen LogP contribution in [0.3, 0.4) is 0 Å². The van der Waals surface area contributed by atoms with Crippen LogP contribution in [0, 0.1) is 5.82 Å². The number of rotatable bonds is 10. The normalized spacial score (nSPS) is 12.8. The molecule has 5 aromatic carbocycles. The van der Waals surface area contributed by atoms with E-state index in [1.54, 1.807) is 72.8 Å². The van der Waals surface area contributed by atoms with E-state index >= 15 is 0 Å². The lowest BCUT2D eigenvalue weighted by Gasteiger charge is -2.20. The zero-order valence-electron chi connectivity index (χ0n) is 25.8. The summed E-state index contributed by atoms with van der Waals surface area (Å²) in [4.78, 5) is 40.8. The number of carbonyl (C=O) groups is 3. The first-order chi connectivity index (χ1) is 23.8. The molecular formula is C38H29BrFN3O5S. The van der Waals surface area contributed by atoms with Gasteiger partial charge in [-0.05, 0) is 77.9 Å². The number of nitrogens with one attached hydrogen (secondary N) is 3. The van der Waals surface area contributed by atoms with Crippen molar-refractivity contribution in [1.29, 1.82) is 0 Å². The van der Waals surface area contributed by atoms with E-state index in [0.29, 0.717) is 41.7 Å². The van der Waals surface area contributed by atoms with Crippen LogP contribution in [0.1, 0.15) is 26.7 Å². The Hall–Kier alpha value is -5.39. The maximum atomic E-state index is 14.3. The molecule has 1 heterocycles. The topological polar surface area (TPSA) is 106 Å². The van der Waals surface area contributed by atoms with Crippen molar-refractivity contribution in [1.82, 2.24) is 5.32 Å². The minimum Gasteiger partial charge on any atom is -0.486 e. The molecule has 49 heavy (non-hydrogen) atoms. The number of hydrogen-bond acceptors (Lipinski definition) is 6. The number of anilines is 2. The number of ether oxygens (including phenoxy) is 2. The Kier molecular flexibility index (Phi) is 10.7. The fourth-order valence-electron chi connectivity index (χ4n) is 4.90. The molecule has 3 amide bonds. The Labute approximate surface area is 294 Å². The van der Waals surface area contributed by atoms with Crippen molar-refractivity contribution in [2.75, 3.05) is 23.8 Å². The Balaban J connectivity index is 1.18. The zero-order valence-corrected chi connectivity index (χ0v) is 28.2. The summed E-state index contributed by atoms with van der Waals surface area (Å²) in [5, 5.41) is 7.76. The molecule has 1 atom stereocenters. The minimum absolute atomic E-state index is 0.0750. The Morgan fingerprint density at radius 1 is 0.755 bits per heavy atom. The van der Waals surface area contributed by atoms with Crippen LogP contribution in [-0.2, 0) is 9.59 Å². The lowest BCUT2D eigenvalue weighted by atomic mass is 10.1. The molecule has 8 nitrogen and oxygen atoms in total. The van der Waals surface area contributed by atoms with Gasteiger partial charge < -0.3 is 25.4 Å². The Bertz CT molecular complexity index is 2010. The van der Waals surface area contributed by atoms with Crippen molar-refractivity contribution in [2.45, 2.75) is 10.1 Å². The van der Waals surface area contributed by atoms with Crippen molar-refractivity contribution < 1.29 is 28.2 Å². The molecule has 0 bridgehead atoms. The third-order valence-corrected chi connectivity index (χ3v) is 9.10. The lowest BCUT2D eigenvalue weighted by Crippen LogP contribution is -2.31. The summed E-state index contributed by atoms with van der Waals surface area (Å²) in [7, 11) is 0. The van der Waals surface area contributed by atoms with Crippen LogP contribution in [0.25, 0.3) is 6.08 Å². The first kappa shape index (κ1) is 33.5. The number of amides is 3. The standard InChI is InChI=1S/C38H29BrFN3O5S/c39-26-12-10-24(11-13-26)22-32(43-36(44)30-8-4-5-9-31(30)40)37(45)41-27-14-17-29(18-15-27)49-35(25-6-2-1-3-7-25)38(46)42-28-16-19-33-34(23-28)48-21-20-47-33/h1-19,22-23,35H,20-21H2,(H,41,45)(H,42,46)(H,43,44). The maximum Gasteiger partial charge on any atom is 0.272 e. The van der Waals surface area contributed by atoms with Gasteiger partial charge in [0.25, 0.3) is 11.8 Å². The number of carbonyl (C=O) groups excluding carboxylic acids is 3. The lowest BCUT2D eigenvalue weighted by molar-refractivity contribution is -0.116. The van der Waals surface area contributed by atoms with E-state index in [9.17, 15) is 18.8 Å². The van der Waals surface area contributed by atoms with Crippen molar-refractivity contribution in [2.24, 2.45) is 0 Å². The number of benzene rings is 5. The average Bonchev–Trinajstić information content (AvgIpc) is 3.12. The first-order valence-corrected chi connectivity index (χ1v) is 16.9. The first-order valence-electron chi connectivity index (χ1n) is 15.2. The second-order valence-corrected chi connectivity index (χ2v) is 12.9. The molecule has 0 fully saturated rings. The zero-order chi connectivity index (χ0) is 34.2. The Morgan fingerprint density at radius 2 is 1.43 bits per heavy atom. The monoisotopic (exact) mass is 737 g/mol. The number of fused-ring (bicyclic) bond motifs is 1. The molecule has 246 valence electrons. The third-order valence-electron chi connectivity index (χ3n) is 7.31. The van der Waals surface area contributed by atoms with Crippen LogP contribution in [-0.4, -0.2) is 30.9 Å². The van der Waals surface area contributed by atoms with Gasteiger partial charge in [0, 0.05) is 26.8 Å². The molecule has 5 aromatic rings. The van der Waals surface area contributed by atoms with E-state index in [-0.39, 0.29) is 17.2 Å². The van der Waals surface area contributed by atoms with Gasteiger partial charge >= 0.3 is 0 Å². The van der Waals surface area contributed by atoms with Crippen LogP contribution < -0.4 is 25.4 Å². The van der Waals surface area contributed by atoms with E-state index in [0.717, 1.165) is 14.9 Å². The fourth-order valence-corrected chi connectivity index (χ4v) is 6.19. The van der Waals surface area contributed by atoms with Gasteiger partial charge in [0.05, 0.1) is 5.56 Å². The average molecular weight is 739 g/mol. The molecule has 0 aliphatic carbocycles. The van der Waals surface area contributed by atoms with Crippen LogP contribution in [0.4, 0.5) is 15.8 Å². The molecule has 0 saturated carbocycles. The second kappa shape index (κ2) is 15.7. The van der Waals surface area contributed by atoms with Crippen LogP contribution >= 0.6 is 27.7 Å². The van der Waals surface area contributed by atoms with Crippen molar-refractivity contribution >= 4 is 62.9 Å². The van der Waals surface area contributed by atoms with Gasteiger partial charge in [0.15, 0.2) is 11.5 Å². The van der Waals surface area contributed by atoms with E-state index < -0.39 is 22.9 Å². The summed E-state index contributed by atoms with van der Waals surface area (Å²) in [6, 6.07) is 34.4. The van der Waals surface area contributed by atoms with Gasteiger partial charge in [0.1, 0.15) is 30.0 Å². The summed E-state index contributed by atoms with van der Waals surface area (Å²) in [6.45, 7) is 0.915. The fraction of sp³-hybridized carbons (Fsp3) is 0.0789. The predicted molar refractivity (Wildman–Crippen MR) is 192 cm³/mol. The highest BCUT2D eigenvalue weighted by atomic mass is 79.9. The van der Waals surface area contributed by atoms with Crippen LogP contribution in [0.5, 0.6) is 11.5 Å². The predicted octanol–water partition coefficient (Wildman–Crippen LogP) is 8.24. The molecule has 11 heteroatoms. The van der Waals surface area contributed by atoms with Gasteiger partial charge in [-0.1, -0.05) is 70.5 Å². The molecule has 3 N–H and O–H groups in total. The summed E-state index contributed by atoms with van der Waals surface area (Å²) in [5.41, 5.74) is 2.23. The van der Waals surface area contributed by atoms with Gasteiger partial charge in [-0.2, -0.15) is 0 Å². The van der Waals surface area contributed by atoms with E-state index in [2.05, 4.69) is 31.9 Å². The highest BCUT2D eigenvalue weighted by Gasteiger charge is 2.24. The highest BCUT2D eigenvalue weighted by Crippen LogP contribution is 2.38. The van der Waals surface area contributed by atoms with Gasteiger partial charge in [-0.25, -0.2) is 4.39 Å². The quantitative estimate of drug-likeness (QED) is 0.0985. The van der Waals surface area contributed by atoms with Gasteiger partial charge in [-0.3, -0.25) is 14.4 Å².